The molecule has 0 fully saturated rings. The molecule has 0 radical (unpaired) electrons. The van der Waals surface area contributed by atoms with Gasteiger partial charge in [0.05, 0.1) is 33.8 Å². The zero-order valence-electron chi connectivity index (χ0n) is 43.5. The number of likely N-dealkylation sites (N-methyl/N-ethyl adjacent to an activating group) is 1. The third kappa shape index (κ3) is 47.1. The van der Waals surface area contributed by atoms with Gasteiger partial charge in [0.2, 0.25) is 5.91 Å². The summed E-state index contributed by atoms with van der Waals surface area (Å²) in [6.07, 6.45) is 52.7. The van der Waals surface area contributed by atoms with Gasteiger partial charge in [0, 0.05) is 12.8 Å². The predicted octanol–water partition coefficient (Wildman–Crippen LogP) is 16.0. The van der Waals surface area contributed by atoms with Gasteiger partial charge in [-0.3, -0.25) is 18.6 Å². The molecule has 0 aliphatic heterocycles. The number of carbonyl (C=O) groups excluding carboxylic acids is 2. The van der Waals surface area contributed by atoms with Gasteiger partial charge in [-0.25, -0.2) is 4.57 Å². The second-order valence-electron chi connectivity index (χ2n) is 19.7. The number of ether oxygens (including phenoxy) is 1. The average Bonchev–Trinajstić information content (AvgIpc) is 3.26. The van der Waals surface area contributed by atoms with Crippen LogP contribution in [-0.2, 0) is 27.9 Å². The molecule has 0 aromatic heterocycles. The van der Waals surface area contributed by atoms with Gasteiger partial charge in [-0.1, -0.05) is 218 Å². The van der Waals surface area contributed by atoms with Crippen molar-refractivity contribution in [3.8, 4) is 0 Å². The van der Waals surface area contributed by atoms with E-state index < -0.39 is 20.0 Å². The Morgan fingerprint density at radius 1 is 0.554 bits per heavy atom. The Bertz CT molecular complexity index is 1220. The summed E-state index contributed by atoms with van der Waals surface area (Å²) in [4.78, 5) is 37.4. The predicted molar refractivity (Wildman–Crippen MR) is 277 cm³/mol. The first kappa shape index (κ1) is 63.2. The van der Waals surface area contributed by atoms with Gasteiger partial charge < -0.3 is 19.4 Å². The van der Waals surface area contributed by atoms with Crippen LogP contribution in [0.2, 0.25) is 0 Å². The lowest BCUT2D eigenvalue weighted by Crippen LogP contribution is -2.47. The minimum atomic E-state index is -4.44. The number of esters is 1. The van der Waals surface area contributed by atoms with E-state index in [0.717, 1.165) is 83.5 Å². The first-order valence-corrected chi connectivity index (χ1v) is 28.8. The Balaban J connectivity index is 5.36. The maximum atomic E-state index is 13.4. The van der Waals surface area contributed by atoms with Crippen molar-refractivity contribution in [2.45, 2.75) is 264 Å². The van der Waals surface area contributed by atoms with Crippen LogP contribution < -0.4 is 5.32 Å². The summed E-state index contributed by atoms with van der Waals surface area (Å²) in [5, 5.41) is 3.04. The lowest BCUT2D eigenvalue weighted by molar-refractivity contribution is -0.870. The van der Waals surface area contributed by atoms with Crippen LogP contribution in [0.4, 0.5) is 0 Å². The summed E-state index contributed by atoms with van der Waals surface area (Å²) < 4.78 is 30.5. The van der Waals surface area contributed by atoms with Crippen molar-refractivity contribution in [1.29, 1.82) is 0 Å². The van der Waals surface area contributed by atoms with Gasteiger partial charge in [0.1, 0.15) is 19.3 Å². The van der Waals surface area contributed by atoms with E-state index in [0.29, 0.717) is 17.4 Å². The normalized spacial score (nSPS) is 14.1. The quantitative estimate of drug-likeness (QED) is 0.0205. The van der Waals surface area contributed by atoms with Crippen molar-refractivity contribution in [1.82, 2.24) is 5.32 Å². The Morgan fingerprint density at radius 3 is 1.46 bits per heavy atom. The number of rotatable bonds is 49. The zero-order chi connectivity index (χ0) is 48.0. The highest BCUT2D eigenvalue weighted by molar-refractivity contribution is 7.47. The third-order valence-electron chi connectivity index (χ3n) is 12.1. The van der Waals surface area contributed by atoms with E-state index >= 15 is 0 Å². The van der Waals surface area contributed by atoms with Gasteiger partial charge in [-0.2, -0.15) is 0 Å². The molecule has 0 aliphatic carbocycles. The van der Waals surface area contributed by atoms with Crippen LogP contribution in [0.5, 0.6) is 0 Å². The van der Waals surface area contributed by atoms with Crippen molar-refractivity contribution < 1.29 is 37.3 Å². The van der Waals surface area contributed by atoms with Gasteiger partial charge >= 0.3 is 13.8 Å². The molecular weight excluding hydrogens is 832 g/mol. The van der Waals surface area contributed by atoms with Gasteiger partial charge in [-0.15, -0.1) is 0 Å². The SMILES string of the molecule is CC/C=C/C/C=C/CCCCCCCCCC(=O)OC(/C=C/CCCCCCCCCCC)C(COP(=O)(O)OCC[N+](C)(C)C)NC(=O)CCCCCCCCCCCCCCCC. The highest BCUT2D eigenvalue weighted by Gasteiger charge is 2.30. The fourth-order valence-corrected chi connectivity index (χ4v) is 8.60. The van der Waals surface area contributed by atoms with Crippen LogP contribution in [0.3, 0.4) is 0 Å². The summed E-state index contributed by atoms with van der Waals surface area (Å²) in [7, 11) is 1.50. The fraction of sp³-hybridized carbons (Fsp3) is 0.855. The number of quaternary nitrogens is 1. The molecule has 3 unspecified atom stereocenters. The van der Waals surface area contributed by atoms with Crippen LogP contribution in [-0.4, -0.2) is 74.3 Å². The molecule has 0 bridgehead atoms. The molecule has 0 heterocycles. The highest BCUT2D eigenvalue weighted by Crippen LogP contribution is 2.43. The second kappa shape index (κ2) is 46.0. The number of allylic oxidation sites excluding steroid dienone is 5. The molecule has 0 saturated carbocycles. The lowest BCUT2D eigenvalue weighted by atomic mass is 10.0. The van der Waals surface area contributed by atoms with Gasteiger partial charge in [0.15, 0.2) is 0 Å². The average molecular weight is 938 g/mol. The van der Waals surface area contributed by atoms with Crippen LogP contribution in [0.1, 0.15) is 252 Å². The van der Waals surface area contributed by atoms with E-state index in [1.807, 2.05) is 33.3 Å². The Labute approximate surface area is 402 Å². The molecule has 0 aromatic carbocycles. The summed E-state index contributed by atoms with van der Waals surface area (Å²) in [6, 6.07) is -0.845. The fourth-order valence-electron chi connectivity index (χ4n) is 7.86. The summed E-state index contributed by atoms with van der Waals surface area (Å²) in [6.45, 7) is 6.90. The van der Waals surface area contributed by atoms with E-state index in [-0.39, 0.29) is 31.5 Å². The molecule has 10 heteroatoms. The van der Waals surface area contributed by atoms with Gasteiger partial charge in [-0.05, 0) is 57.4 Å². The molecule has 0 aliphatic rings. The number of amides is 1. The largest absolute Gasteiger partial charge is 0.472 e. The highest BCUT2D eigenvalue weighted by atomic mass is 31.2. The molecule has 65 heavy (non-hydrogen) atoms. The standard InChI is InChI=1S/C55H105N2O7P/c1-7-10-13-16-19-22-25-27-29-32-35-38-41-44-47-54(58)56-52(51-63-65(60,61)62-50-49-57(4,5)6)53(46-43-40-37-34-31-24-21-18-15-12-9-3)64-55(59)48-45-42-39-36-33-30-28-26-23-20-17-14-11-8-2/h11,14,20,23,43,46,52-53H,7-10,12-13,15-19,21-22,24-42,44-45,47-51H2,1-6H3,(H-,56,58,60,61)/p+1/b14-11+,23-20+,46-43+. The number of hydrogen-bond acceptors (Lipinski definition) is 6. The van der Waals surface area contributed by atoms with Crippen molar-refractivity contribution in [3.63, 3.8) is 0 Å². The van der Waals surface area contributed by atoms with Crippen molar-refractivity contribution in [3.05, 3.63) is 36.5 Å². The number of nitrogens with zero attached hydrogens (tertiary/aromatic N) is 1. The van der Waals surface area contributed by atoms with E-state index in [2.05, 4.69) is 50.4 Å². The third-order valence-corrected chi connectivity index (χ3v) is 13.1. The summed E-state index contributed by atoms with van der Waals surface area (Å²) in [5.41, 5.74) is 0. The topological polar surface area (TPSA) is 111 Å². The molecule has 0 aromatic rings. The number of carbonyl (C=O) groups is 2. The summed E-state index contributed by atoms with van der Waals surface area (Å²) >= 11 is 0. The number of phosphoric acid groups is 1. The van der Waals surface area contributed by atoms with Crippen molar-refractivity contribution in [2.75, 3.05) is 40.9 Å². The lowest BCUT2D eigenvalue weighted by Gasteiger charge is -2.27. The minimum Gasteiger partial charge on any atom is -0.456 e. The monoisotopic (exact) mass is 938 g/mol. The molecule has 0 saturated heterocycles. The maximum Gasteiger partial charge on any atom is 0.472 e. The number of unbranched alkanes of at least 4 members (excludes halogenated alkanes) is 29. The number of hydrogen-bond donors (Lipinski definition) is 2. The molecule has 382 valence electrons. The van der Waals surface area contributed by atoms with Crippen molar-refractivity contribution in [2.24, 2.45) is 0 Å². The smallest absolute Gasteiger partial charge is 0.456 e. The first-order valence-electron chi connectivity index (χ1n) is 27.3. The van der Waals surface area contributed by atoms with Crippen LogP contribution >= 0.6 is 7.82 Å². The van der Waals surface area contributed by atoms with Crippen LogP contribution in [0.25, 0.3) is 0 Å². The molecule has 1 amide bonds. The zero-order valence-corrected chi connectivity index (χ0v) is 44.4. The Morgan fingerprint density at radius 2 is 0.985 bits per heavy atom. The number of nitrogens with one attached hydrogen (secondary N) is 1. The Kier molecular flexibility index (Phi) is 44.7. The molecule has 2 N–H and O–H groups in total. The van der Waals surface area contributed by atoms with E-state index in [9.17, 15) is 19.0 Å². The molecule has 0 spiro atoms. The molecule has 3 atom stereocenters. The first-order chi connectivity index (χ1) is 31.4. The number of phosphoric ester groups is 1. The summed E-state index contributed by atoms with van der Waals surface area (Å²) in [5.74, 6) is -0.509. The Hall–Kier alpha value is -1.77. The molecule has 0 rings (SSSR count). The van der Waals surface area contributed by atoms with Gasteiger partial charge in [0.25, 0.3) is 0 Å². The molecule has 9 nitrogen and oxygen atoms in total. The van der Waals surface area contributed by atoms with Crippen LogP contribution in [0.15, 0.2) is 36.5 Å². The second-order valence-corrected chi connectivity index (χ2v) is 21.2. The van der Waals surface area contributed by atoms with Crippen molar-refractivity contribution >= 4 is 19.7 Å². The van der Waals surface area contributed by atoms with E-state index in [4.69, 9.17) is 13.8 Å². The van der Waals surface area contributed by atoms with E-state index in [1.54, 1.807) is 0 Å². The molecular formula is C55H106N2O7P+. The minimum absolute atomic E-state index is 0.0407. The van der Waals surface area contributed by atoms with Crippen LogP contribution in [0, 0.1) is 0 Å². The van der Waals surface area contributed by atoms with E-state index in [1.165, 1.54) is 135 Å². The maximum absolute atomic E-state index is 13.4.